The third kappa shape index (κ3) is 5.14. The van der Waals surface area contributed by atoms with E-state index in [0.29, 0.717) is 11.4 Å². The van der Waals surface area contributed by atoms with E-state index in [9.17, 15) is 14.4 Å². The number of nitrogens with one attached hydrogen (secondary N) is 2. The van der Waals surface area contributed by atoms with Crippen LogP contribution in [0, 0.1) is 13.8 Å². The molecular formula is C23H22N2O5. The number of furan rings is 1. The molecule has 3 aromatic rings. The van der Waals surface area contributed by atoms with E-state index in [2.05, 4.69) is 10.6 Å². The standard InChI is InChI=1S/C23H22N2O5/c1-14-6-7-15(2)19(13-14)25-21(26)16(3)30-23(28)17-8-10-18(11-9-17)24-22(27)20-5-4-12-29-20/h4-13,16H,1-3H3,(H,24,27)(H,25,26)/t16-/m1/s1. The van der Waals surface area contributed by atoms with Crippen LogP contribution in [-0.2, 0) is 9.53 Å². The fraction of sp³-hybridized carbons (Fsp3) is 0.174. The number of aryl methyl sites for hydroxylation is 2. The summed E-state index contributed by atoms with van der Waals surface area (Å²) in [6.45, 7) is 5.33. The number of rotatable bonds is 6. The molecule has 0 unspecified atom stereocenters. The van der Waals surface area contributed by atoms with Crippen molar-refractivity contribution in [2.75, 3.05) is 10.6 Å². The summed E-state index contributed by atoms with van der Waals surface area (Å²) in [6.07, 6.45) is 0.432. The summed E-state index contributed by atoms with van der Waals surface area (Å²) in [5.41, 5.74) is 3.37. The largest absolute Gasteiger partial charge is 0.459 e. The first kappa shape index (κ1) is 20.9. The molecule has 0 aliphatic heterocycles. The third-order valence-electron chi connectivity index (χ3n) is 4.43. The molecule has 0 radical (unpaired) electrons. The van der Waals surface area contributed by atoms with Crippen molar-refractivity contribution in [1.29, 1.82) is 0 Å². The number of amides is 2. The van der Waals surface area contributed by atoms with Crippen LogP contribution in [0.5, 0.6) is 0 Å². The van der Waals surface area contributed by atoms with Crippen LogP contribution in [0.4, 0.5) is 11.4 Å². The maximum Gasteiger partial charge on any atom is 0.338 e. The second kappa shape index (κ2) is 9.09. The molecule has 2 amide bonds. The summed E-state index contributed by atoms with van der Waals surface area (Å²) in [5.74, 6) is -1.27. The van der Waals surface area contributed by atoms with E-state index in [0.717, 1.165) is 11.1 Å². The number of hydrogen-bond donors (Lipinski definition) is 2. The monoisotopic (exact) mass is 406 g/mol. The zero-order valence-corrected chi connectivity index (χ0v) is 16.9. The second-order valence-electron chi connectivity index (χ2n) is 6.86. The number of ether oxygens (including phenoxy) is 1. The van der Waals surface area contributed by atoms with E-state index < -0.39 is 23.9 Å². The number of carbonyl (C=O) groups excluding carboxylic acids is 3. The minimum atomic E-state index is -0.976. The predicted octanol–water partition coefficient (Wildman–Crippen LogP) is 4.33. The van der Waals surface area contributed by atoms with Gasteiger partial charge in [0.25, 0.3) is 11.8 Å². The van der Waals surface area contributed by atoms with Gasteiger partial charge < -0.3 is 19.8 Å². The molecule has 0 bridgehead atoms. The molecule has 2 N–H and O–H groups in total. The third-order valence-corrected chi connectivity index (χ3v) is 4.43. The molecule has 0 saturated heterocycles. The maximum absolute atomic E-state index is 12.4. The SMILES string of the molecule is Cc1ccc(C)c(NC(=O)[C@@H](C)OC(=O)c2ccc(NC(=O)c3ccco3)cc2)c1. The second-order valence-corrected chi connectivity index (χ2v) is 6.86. The molecule has 0 aliphatic rings. The molecule has 7 heteroatoms. The molecule has 30 heavy (non-hydrogen) atoms. The lowest BCUT2D eigenvalue weighted by molar-refractivity contribution is -0.123. The lowest BCUT2D eigenvalue weighted by atomic mass is 10.1. The Bertz CT molecular complexity index is 1060. The molecule has 0 fully saturated rings. The van der Waals surface area contributed by atoms with Crippen LogP contribution >= 0.6 is 0 Å². The highest BCUT2D eigenvalue weighted by Gasteiger charge is 2.20. The van der Waals surface area contributed by atoms with Crippen LogP contribution < -0.4 is 10.6 Å². The Kier molecular flexibility index (Phi) is 6.32. The van der Waals surface area contributed by atoms with Gasteiger partial charge in [-0.2, -0.15) is 0 Å². The van der Waals surface area contributed by atoms with Gasteiger partial charge in [0.2, 0.25) is 0 Å². The number of anilines is 2. The number of esters is 1. The number of hydrogen-bond acceptors (Lipinski definition) is 5. The molecule has 1 aromatic heterocycles. The Morgan fingerprint density at radius 1 is 0.967 bits per heavy atom. The van der Waals surface area contributed by atoms with Crippen molar-refractivity contribution in [2.24, 2.45) is 0 Å². The fourth-order valence-electron chi connectivity index (χ4n) is 2.68. The van der Waals surface area contributed by atoms with Crippen molar-refractivity contribution in [3.8, 4) is 0 Å². The molecule has 7 nitrogen and oxygen atoms in total. The normalized spacial score (nSPS) is 11.4. The summed E-state index contributed by atoms with van der Waals surface area (Å²) >= 11 is 0. The van der Waals surface area contributed by atoms with E-state index >= 15 is 0 Å². The van der Waals surface area contributed by atoms with E-state index in [1.807, 2.05) is 32.0 Å². The van der Waals surface area contributed by atoms with Gasteiger partial charge in [0.1, 0.15) is 0 Å². The highest BCUT2D eigenvalue weighted by atomic mass is 16.5. The van der Waals surface area contributed by atoms with Crippen molar-refractivity contribution in [2.45, 2.75) is 26.9 Å². The van der Waals surface area contributed by atoms with Crippen molar-refractivity contribution in [1.82, 2.24) is 0 Å². The Balaban J connectivity index is 1.57. The van der Waals surface area contributed by atoms with Gasteiger partial charge >= 0.3 is 5.97 Å². The Hall–Kier alpha value is -3.87. The lowest BCUT2D eigenvalue weighted by Crippen LogP contribution is -2.30. The van der Waals surface area contributed by atoms with E-state index in [1.54, 1.807) is 24.3 Å². The summed E-state index contributed by atoms with van der Waals surface area (Å²) in [6, 6.07) is 15.0. The average molecular weight is 406 g/mol. The first-order valence-electron chi connectivity index (χ1n) is 9.37. The van der Waals surface area contributed by atoms with Gasteiger partial charge in [-0.15, -0.1) is 0 Å². The zero-order chi connectivity index (χ0) is 21.7. The summed E-state index contributed by atoms with van der Waals surface area (Å²) in [5, 5.41) is 5.44. The first-order valence-corrected chi connectivity index (χ1v) is 9.37. The molecule has 2 aromatic carbocycles. The van der Waals surface area contributed by atoms with Gasteiger partial charge in [-0.3, -0.25) is 9.59 Å². The van der Waals surface area contributed by atoms with Gasteiger partial charge in [0.05, 0.1) is 11.8 Å². The van der Waals surface area contributed by atoms with E-state index in [1.165, 1.54) is 25.3 Å². The molecule has 0 aliphatic carbocycles. The summed E-state index contributed by atoms with van der Waals surface area (Å²) in [4.78, 5) is 36.7. The van der Waals surface area contributed by atoms with Crippen LogP contribution in [0.15, 0.2) is 65.3 Å². The minimum Gasteiger partial charge on any atom is -0.459 e. The Morgan fingerprint density at radius 2 is 1.70 bits per heavy atom. The molecule has 1 heterocycles. The van der Waals surface area contributed by atoms with Crippen molar-refractivity contribution in [3.05, 3.63) is 83.3 Å². The molecule has 0 saturated carbocycles. The van der Waals surface area contributed by atoms with E-state index in [4.69, 9.17) is 9.15 Å². The molecule has 1 atom stereocenters. The minimum absolute atomic E-state index is 0.183. The maximum atomic E-state index is 12.4. The summed E-state index contributed by atoms with van der Waals surface area (Å²) in [7, 11) is 0. The quantitative estimate of drug-likeness (QED) is 0.594. The van der Waals surface area contributed by atoms with Gasteiger partial charge in [-0.05, 0) is 74.4 Å². The van der Waals surface area contributed by atoms with Crippen molar-refractivity contribution in [3.63, 3.8) is 0 Å². The van der Waals surface area contributed by atoms with Gasteiger partial charge in [-0.25, -0.2) is 4.79 Å². The van der Waals surface area contributed by atoms with Crippen LogP contribution in [0.2, 0.25) is 0 Å². The van der Waals surface area contributed by atoms with Crippen LogP contribution in [0.3, 0.4) is 0 Å². The fourth-order valence-corrected chi connectivity index (χ4v) is 2.68. The molecular weight excluding hydrogens is 384 g/mol. The van der Waals surface area contributed by atoms with Crippen LogP contribution in [0.1, 0.15) is 39.0 Å². The highest BCUT2D eigenvalue weighted by Crippen LogP contribution is 2.17. The Morgan fingerprint density at radius 3 is 2.37 bits per heavy atom. The summed E-state index contributed by atoms with van der Waals surface area (Å²) < 4.78 is 10.3. The average Bonchev–Trinajstić information content (AvgIpc) is 3.26. The van der Waals surface area contributed by atoms with E-state index in [-0.39, 0.29) is 11.3 Å². The molecule has 154 valence electrons. The molecule has 0 spiro atoms. The topological polar surface area (TPSA) is 97.6 Å². The zero-order valence-electron chi connectivity index (χ0n) is 16.9. The number of benzene rings is 2. The first-order chi connectivity index (χ1) is 14.3. The van der Waals surface area contributed by atoms with Gasteiger partial charge in [0, 0.05) is 11.4 Å². The van der Waals surface area contributed by atoms with Gasteiger partial charge in [-0.1, -0.05) is 12.1 Å². The van der Waals surface area contributed by atoms with Gasteiger partial charge in [0.15, 0.2) is 11.9 Å². The Labute approximate surface area is 174 Å². The van der Waals surface area contributed by atoms with Crippen molar-refractivity contribution < 1.29 is 23.5 Å². The van der Waals surface area contributed by atoms with Crippen LogP contribution in [-0.4, -0.2) is 23.9 Å². The number of carbonyl (C=O) groups is 3. The lowest BCUT2D eigenvalue weighted by Gasteiger charge is -2.15. The van der Waals surface area contributed by atoms with Crippen LogP contribution in [0.25, 0.3) is 0 Å². The molecule has 3 rings (SSSR count). The van der Waals surface area contributed by atoms with Crippen molar-refractivity contribution >= 4 is 29.2 Å². The highest BCUT2D eigenvalue weighted by molar-refractivity contribution is 6.02. The smallest absolute Gasteiger partial charge is 0.338 e. The predicted molar refractivity (Wildman–Crippen MR) is 113 cm³/mol.